The molecule has 10 atom stereocenters. The third-order valence-electron chi connectivity index (χ3n) is 13.0. The van der Waals surface area contributed by atoms with Gasteiger partial charge in [-0.1, -0.05) is 96.1 Å². The Kier molecular flexibility index (Phi) is 13.6. The molecule has 0 saturated carbocycles. The number of aliphatic hydroxyl groups is 3. The Morgan fingerprint density at radius 3 is 2.60 bits per heavy atom. The number of ether oxygens (including phenoxy) is 4. The van der Waals surface area contributed by atoms with Crippen molar-refractivity contribution < 1.29 is 58.9 Å². The van der Waals surface area contributed by atoms with Gasteiger partial charge in [0.2, 0.25) is 12.4 Å². The van der Waals surface area contributed by atoms with Gasteiger partial charge in [-0.05, 0) is 88.7 Å². The number of rotatable bonds is 10. The molecule has 8 rings (SSSR count). The molecule has 2 fully saturated rings. The molecule has 5 aliphatic rings. The molecule has 342 valence electrons. The molecule has 8 N–H and O–H groups in total. The van der Waals surface area contributed by atoms with E-state index in [0.717, 1.165) is 11.1 Å². The summed E-state index contributed by atoms with van der Waals surface area (Å²) in [5, 5.41) is 59.5. The van der Waals surface area contributed by atoms with Gasteiger partial charge in [-0.25, -0.2) is 4.79 Å². The van der Waals surface area contributed by atoms with Gasteiger partial charge in [0.05, 0.1) is 17.7 Å². The van der Waals surface area contributed by atoms with E-state index in [4.69, 9.17) is 24.7 Å². The summed E-state index contributed by atoms with van der Waals surface area (Å²) in [5.41, 5.74) is 5.79. The molecule has 15 nitrogen and oxygen atoms in total. The Bertz CT molecular complexity index is 2470. The average Bonchev–Trinajstić information content (AvgIpc) is 3.83. The number of carbonyl (C=O) groups is 3. The van der Waals surface area contributed by atoms with Crippen LogP contribution >= 0.6 is 21.6 Å². The lowest BCUT2D eigenvalue weighted by Crippen LogP contribution is -2.80. The van der Waals surface area contributed by atoms with E-state index >= 15 is 0 Å². The Morgan fingerprint density at radius 1 is 1.09 bits per heavy atom. The summed E-state index contributed by atoms with van der Waals surface area (Å²) in [7, 11) is 2.74. The summed E-state index contributed by atoms with van der Waals surface area (Å²) < 4.78 is 24.3. The van der Waals surface area contributed by atoms with E-state index in [-0.39, 0.29) is 64.1 Å². The molecule has 2 saturated heterocycles. The summed E-state index contributed by atoms with van der Waals surface area (Å²) in [6, 6.07) is 18.2. The number of aldehydes is 1. The fraction of sp³-hybridized carbons (Fsp3) is 0.375. The molecule has 4 heterocycles. The first-order valence-electron chi connectivity index (χ1n) is 21.3. The van der Waals surface area contributed by atoms with Crippen molar-refractivity contribution in [1.29, 1.82) is 0 Å². The second kappa shape index (κ2) is 19.2. The highest BCUT2D eigenvalue weighted by Gasteiger charge is 2.69. The summed E-state index contributed by atoms with van der Waals surface area (Å²) >= 11 is 0. The number of hydrogen-bond acceptors (Lipinski definition) is 15. The number of aromatic hydroxyl groups is 1. The number of nitrogens with zero attached hydrogens (tertiary/aromatic N) is 1. The van der Waals surface area contributed by atoms with Crippen LogP contribution in [-0.4, -0.2) is 117 Å². The van der Waals surface area contributed by atoms with Crippen LogP contribution in [0.2, 0.25) is 0 Å². The number of allylic oxidation sites excluding steroid dienone is 5. The zero-order valence-corrected chi connectivity index (χ0v) is 37.2. The van der Waals surface area contributed by atoms with E-state index < -0.39 is 54.2 Å². The molecule has 10 unspecified atom stereocenters. The molecule has 65 heavy (non-hydrogen) atoms. The minimum absolute atomic E-state index is 0.00938. The first-order valence-corrected chi connectivity index (χ1v) is 23.8. The maximum absolute atomic E-state index is 13.4. The van der Waals surface area contributed by atoms with Crippen molar-refractivity contribution in [3.8, 4) is 17.2 Å². The number of carboxylic acid groups (broad SMARTS) is 1. The van der Waals surface area contributed by atoms with E-state index in [1.54, 1.807) is 0 Å². The van der Waals surface area contributed by atoms with Crippen molar-refractivity contribution in [2.45, 2.75) is 62.0 Å². The number of fused-ring (bicyclic) bond motifs is 3. The molecule has 3 aromatic rings. The normalized spacial score (nSPS) is 31.2. The largest absolute Gasteiger partial charge is 0.508 e. The number of aliphatic hydroxyl groups excluding tert-OH is 2. The first kappa shape index (κ1) is 46.1. The lowest BCUT2D eigenvalue weighted by atomic mass is 9.73. The Hall–Kier alpha value is -5.40. The van der Waals surface area contributed by atoms with Gasteiger partial charge in [-0.15, -0.1) is 0 Å². The standard InChI is InChI=1S/C48H51N3O12S2/c1-26-7-9-28(34-6-4-3-5-33(26)34)10-8-27(2)36-21-51-23-47(59)46(63-42(45(57)58)43(55)48(47,24-52)60-25-65-64-22-37(36)30-17-18-50-20-30)61-32-15-16-35-38(19-32)62-41(44(49)56)39(40(35)54)29-11-13-31(53)14-12-29/h3-7,9-17,19-20,24,26-27,36-37,41-43,46,51,53-55,59H,8,18,21-23,25H2,1-2H3,(H2,49,56)(H,57,58). The topological polar surface area (TPSA) is 240 Å². The highest BCUT2D eigenvalue weighted by Crippen LogP contribution is 2.46. The van der Waals surface area contributed by atoms with Crippen molar-refractivity contribution in [1.82, 2.24) is 5.32 Å². The van der Waals surface area contributed by atoms with Crippen molar-refractivity contribution >= 4 is 62.9 Å². The van der Waals surface area contributed by atoms with Gasteiger partial charge in [0, 0.05) is 24.6 Å². The number of benzene rings is 3. The first-order chi connectivity index (χ1) is 31.3. The minimum atomic E-state index is -2.59. The monoisotopic (exact) mass is 925 g/mol. The fourth-order valence-electron chi connectivity index (χ4n) is 9.31. The van der Waals surface area contributed by atoms with E-state index in [0.29, 0.717) is 36.7 Å². The van der Waals surface area contributed by atoms with E-state index in [1.807, 2.05) is 12.3 Å². The third kappa shape index (κ3) is 8.86. The SMILES string of the molecule is CC1C=CC(=CCC(C)C2CNCC3(O)C(Oc4ccc5c(c4)OC(C(N)=O)C(c4ccc(O)cc4)=C5O)OC(C(=O)O)C(O)C3(C=O)OCSSCC2C2=CCN=C2)c2ccccc21. The number of nitrogens with one attached hydrogen (secondary N) is 1. The zero-order chi connectivity index (χ0) is 46.0. The van der Waals surface area contributed by atoms with E-state index in [9.17, 15) is 39.9 Å². The molecule has 1 amide bonds. The lowest BCUT2D eigenvalue weighted by Gasteiger charge is -2.53. The Labute approximate surface area is 383 Å². The van der Waals surface area contributed by atoms with Crippen LogP contribution in [0.1, 0.15) is 48.4 Å². The number of phenolic OH excluding ortho intramolecular Hbond substituents is 1. The number of carbonyl (C=O) groups excluding carboxylic acids is 2. The quantitative estimate of drug-likeness (QED) is 0.101. The van der Waals surface area contributed by atoms with Crippen LogP contribution in [0.4, 0.5) is 0 Å². The van der Waals surface area contributed by atoms with Crippen LogP contribution in [0.25, 0.3) is 16.9 Å². The van der Waals surface area contributed by atoms with Crippen LogP contribution in [0.3, 0.4) is 0 Å². The number of hydrogen-bond donors (Lipinski definition) is 7. The van der Waals surface area contributed by atoms with Crippen molar-refractivity contribution in [3.05, 3.63) is 119 Å². The molecule has 17 heteroatoms. The number of phenols is 1. The average molecular weight is 926 g/mol. The second-order valence-electron chi connectivity index (χ2n) is 16.9. The Morgan fingerprint density at radius 2 is 1.88 bits per heavy atom. The van der Waals surface area contributed by atoms with Gasteiger partial charge in [-0.2, -0.15) is 0 Å². The zero-order valence-electron chi connectivity index (χ0n) is 35.6. The highest BCUT2D eigenvalue weighted by molar-refractivity contribution is 8.76. The predicted molar refractivity (Wildman–Crippen MR) is 247 cm³/mol. The van der Waals surface area contributed by atoms with Gasteiger partial charge in [0.1, 0.15) is 35.1 Å². The summed E-state index contributed by atoms with van der Waals surface area (Å²) in [6.07, 6.45) is 3.83. The van der Waals surface area contributed by atoms with Crippen LogP contribution in [-0.2, 0) is 23.9 Å². The second-order valence-corrected chi connectivity index (χ2v) is 19.3. The summed E-state index contributed by atoms with van der Waals surface area (Å²) in [5.74, 6) is -2.39. The van der Waals surface area contributed by atoms with E-state index in [2.05, 4.69) is 66.7 Å². The number of carboxylic acids is 1. The van der Waals surface area contributed by atoms with Crippen molar-refractivity contribution in [2.75, 3.05) is 31.3 Å². The molecule has 0 bridgehead atoms. The molecular formula is C48H51N3O12S2. The summed E-state index contributed by atoms with van der Waals surface area (Å²) in [6.45, 7) is 4.75. The molecule has 4 aliphatic heterocycles. The Balaban J connectivity index is 1.13. The van der Waals surface area contributed by atoms with Gasteiger partial charge in [0.25, 0.3) is 5.91 Å². The van der Waals surface area contributed by atoms with Crippen LogP contribution in [0.5, 0.6) is 17.2 Å². The summed E-state index contributed by atoms with van der Waals surface area (Å²) in [4.78, 5) is 43.3. The fourth-order valence-corrected chi connectivity index (χ4v) is 11.4. The van der Waals surface area contributed by atoms with Gasteiger partial charge in [-0.3, -0.25) is 14.6 Å². The maximum atomic E-state index is 13.4. The molecular weight excluding hydrogens is 875 g/mol. The van der Waals surface area contributed by atoms with E-state index in [1.165, 1.54) is 75.2 Å². The third-order valence-corrected chi connectivity index (χ3v) is 15.0. The molecule has 0 radical (unpaired) electrons. The number of aliphatic carboxylic acids is 1. The van der Waals surface area contributed by atoms with Gasteiger partial charge < -0.3 is 55.5 Å². The predicted octanol–water partition coefficient (Wildman–Crippen LogP) is 5.27. The minimum Gasteiger partial charge on any atom is -0.508 e. The molecule has 1 aliphatic carbocycles. The molecule has 3 aromatic carbocycles. The number of β-amino-alcohol motifs (C(OH)–C–C–N with tert-alkyl or cyclic N) is 1. The molecule has 0 aromatic heterocycles. The van der Waals surface area contributed by atoms with Crippen molar-refractivity contribution in [2.24, 2.45) is 28.5 Å². The number of aliphatic imine (C=N–C) groups is 1. The van der Waals surface area contributed by atoms with Crippen LogP contribution in [0.15, 0.2) is 102 Å². The number of nitrogens with two attached hydrogens (primary N) is 1. The number of primary amides is 1. The van der Waals surface area contributed by atoms with Crippen LogP contribution in [0, 0.1) is 17.8 Å². The van der Waals surface area contributed by atoms with Crippen molar-refractivity contribution in [3.63, 3.8) is 0 Å². The smallest absolute Gasteiger partial charge is 0.335 e. The number of amides is 1. The van der Waals surface area contributed by atoms with Gasteiger partial charge in [0.15, 0.2) is 23.6 Å². The molecule has 0 spiro atoms. The lowest BCUT2D eigenvalue weighted by molar-refractivity contribution is -0.340. The maximum Gasteiger partial charge on any atom is 0.335 e. The van der Waals surface area contributed by atoms with Crippen LogP contribution < -0.4 is 20.5 Å². The van der Waals surface area contributed by atoms with Gasteiger partial charge >= 0.3 is 5.97 Å². The highest BCUT2D eigenvalue weighted by atomic mass is 33.1.